The van der Waals surface area contributed by atoms with Gasteiger partial charge >= 0.3 is 0 Å². The summed E-state index contributed by atoms with van der Waals surface area (Å²) in [5.74, 6) is -0.0425. The number of carbonyl (C=O) groups is 1. The van der Waals surface area contributed by atoms with Crippen LogP contribution in [0, 0.1) is 6.92 Å². The number of rotatable bonds is 3. The van der Waals surface area contributed by atoms with Crippen molar-refractivity contribution in [3.8, 4) is 0 Å². The van der Waals surface area contributed by atoms with Crippen molar-refractivity contribution in [2.24, 2.45) is 0 Å². The number of hydrogen-bond acceptors (Lipinski definition) is 4. The van der Waals surface area contributed by atoms with E-state index in [1.54, 1.807) is 38.2 Å². The van der Waals surface area contributed by atoms with Crippen molar-refractivity contribution in [3.05, 3.63) is 46.3 Å². The van der Waals surface area contributed by atoms with Crippen LogP contribution in [-0.4, -0.2) is 23.0 Å². The van der Waals surface area contributed by atoms with Gasteiger partial charge in [0.05, 0.1) is 5.69 Å². The highest BCUT2D eigenvalue weighted by Gasteiger charge is 2.17. The van der Waals surface area contributed by atoms with Gasteiger partial charge in [-0.1, -0.05) is 16.8 Å². The molecule has 0 unspecified atom stereocenters. The molecule has 1 heterocycles. The Labute approximate surface area is 115 Å². The lowest BCUT2D eigenvalue weighted by Crippen LogP contribution is -2.26. The smallest absolute Gasteiger partial charge is 0.292 e. The first-order chi connectivity index (χ1) is 8.97. The Morgan fingerprint density at radius 3 is 2.84 bits per heavy atom. The van der Waals surface area contributed by atoms with E-state index in [2.05, 4.69) is 5.16 Å². The molecule has 0 bridgehead atoms. The van der Waals surface area contributed by atoms with E-state index >= 15 is 0 Å². The first-order valence-corrected chi connectivity index (χ1v) is 6.08. The second kappa shape index (κ2) is 5.32. The van der Waals surface area contributed by atoms with Gasteiger partial charge in [-0.3, -0.25) is 4.79 Å². The maximum Gasteiger partial charge on any atom is 0.292 e. The van der Waals surface area contributed by atoms with Gasteiger partial charge in [-0.2, -0.15) is 0 Å². The zero-order valence-corrected chi connectivity index (χ0v) is 11.4. The van der Waals surface area contributed by atoms with E-state index in [0.717, 1.165) is 5.56 Å². The van der Waals surface area contributed by atoms with E-state index in [9.17, 15) is 4.79 Å². The minimum Gasteiger partial charge on any atom is -0.399 e. The summed E-state index contributed by atoms with van der Waals surface area (Å²) in [6, 6.07) is 6.77. The molecule has 0 aliphatic carbocycles. The molecule has 0 fully saturated rings. The zero-order valence-electron chi connectivity index (χ0n) is 10.7. The molecule has 1 aromatic heterocycles. The van der Waals surface area contributed by atoms with Crippen molar-refractivity contribution in [1.82, 2.24) is 10.1 Å². The predicted molar refractivity (Wildman–Crippen MR) is 72.9 cm³/mol. The third-order valence-electron chi connectivity index (χ3n) is 2.66. The maximum absolute atomic E-state index is 12.1. The molecule has 0 saturated carbocycles. The SMILES string of the molecule is Cc1cc(C(=O)N(C)Cc2cc(N)ccc2Cl)on1. The van der Waals surface area contributed by atoms with Gasteiger partial charge in [-0.15, -0.1) is 0 Å². The van der Waals surface area contributed by atoms with E-state index in [1.807, 2.05) is 0 Å². The van der Waals surface area contributed by atoms with Crippen LogP contribution in [0.4, 0.5) is 5.69 Å². The molecule has 0 atom stereocenters. The lowest BCUT2D eigenvalue weighted by Gasteiger charge is -2.16. The van der Waals surface area contributed by atoms with E-state index in [-0.39, 0.29) is 11.7 Å². The summed E-state index contributed by atoms with van der Waals surface area (Å²) in [6.07, 6.45) is 0. The van der Waals surface area contributed by atoms with E-state index in [0.29, 0.717) is 22.9 Å². The Morgan fingerprint density at radius 1 is 1.47 bits per heavy atom. The standard InChI is InChI=1S/C13H14ClN3O2/c1-8-5-12(19-16-8)13(18)17(2)7-9-6-10(15)3-4-11(9)14/h3-6H,7,15H2,1-2H3. The third-order valence-corrected chi connectivity index (χ3v) is 3.03. The number of aromatic nitrogens is 1. The number of benzene rings is 1. The summed E-state index contributed by atoms with van der Waals surface area (Å²) in [5.41, 5.74) is 7.76. The quantitative estimate of drug-likeness (QED) is 0.876. The summed E-state index contributed by atoms with van der Waals surface area (Å²) >= 11 is 6.07. The van der Waals surface area contributed by atoms with Crippen LogP contribution in [-0.2, 0) is 6.54 Å². The summed E-state index contributed by atoms with van der Waals surface area (Å²) in [5, 5.41) is 4.26. The molecule has 2 aromatic rings. The summed E-state index contributed by atoms with van der Waals surface area (Å²) in [4.78, 5) is 13.6. The minimum atomic E-state index is -0.251. The highest BCUT2D eigenvalue weighted by Crippen LogP contribution is 2.20. The Kier molecular flexibility index (Phi) is 3.76. The molecule has 1 amide bonds. The van der Waals surface area contributed by atoms with Gasteiger partial charge in [0.15, 0.2) is 0 Å². The average Bonchev–Trinajstić information content (AvgIpc) is 2.79. The fourth-order valence-electron chi connectivity index (χ4n) is 1.70. The number of halogens is 1. The second-order valence-electron chi connectivity index (χ2n) is 4.34. The molecule has 0 aliphatic heterocycles. The average molecular weight is 280 g/mol. The van der Waals surface area contributed by atoms with Crippen LogP contribution in [0.3, 0.4) is 0 Å². The van der Waals surface area contributed by atoms with Crippen LogP contribution in [0.25, 0.3) is 0 Å². The van der Waals surface area contributed by atoms with Gasteiger partial charge < -0.3 is 15.2 Å². The molecule has 6 heteroatoms. The molecule has 0 radical (unpaired) electrons. The van der Waals surface area contributed by atoms with E-state index in [1.165, 1.54) is 4.90 Å². The van der Waals surface area contributed by atoms with Crippen molar-refractivity contribution in [1.29, 1.82) is 0 Å². The molecule has 5 nitrogen and oxygen atoms in total. The van der Waals surface area contributed by atoms with Gasteiger partial charge in [0.2, 0.25) is 5.76 Å². The van der Waals surface area contributed by atoms with Crippen molar-refractivity contribution >= 4 is 23.2 Å². The van der Waals surface area contributed by atoms with Crippen molar-refractivity contribution < 1.29 is 9.32 Å². The number of anilines is 1. The lowest BCUT2D eigenvalue weighted by atomic mass is 10.2. The van der Waals surface area contributed by atoms with Crippen molar-refractivity contribution in [2.75, 3.05) is 12.8 Å². The molecular formula is C13H14ClN3O2. The molecule has 0 saturated heterocycles. The number of nitrogens with two attached hydrogens (primary N) is 1. The summed E-state index contributed by atoms with van der Waals surface area (Å²) in [6.45, 7) is 2.11. The number of nitrogen functional groups attached to an aromatic ring is 1. The summed E-state index contributed by atoms with van der Waals surface area (Å²) in [7, 11) is 1.67. The first-order valence-electron chi connectivity index (χ1n) is 5.70. The van der Waals surface area contributed by atoms with Gasteiger partial charge in [-0.25, -0.2) is 0 Å². The third kappa shape index (κ3) is 3.06. The Morgan fingerprint density at radius 2 is 2.21 bits per heavy atom. The number of carbonyl (C=O) groups excluding carboxylic acids is 1. The van der Waals surface area contributed by atoms with Crippen LogP contribution in [0.5, 0.6) is 0 Å². The first kappa shape index (κ1) is 13.4. The molecule has 0 spiro atoms. The lowest BCUT2D eigenvalue weighted by molar-refractivity contribution is 0.0743. The van der Waals surface area contributed by atoms with Gasteiger partial charge in [0, 0.05) is 30.4 Å². The molecule has 2 N–H and O–H groups in total. The molecular weight excluding hydrogens is 266 g/mol. The van der Waals surface area contributed by atoms with Crippen LogP contribution in [0.1, 0.15) is 21.8 Å². The number of hydrogen-bond donors (Lipinski definition) is 1. The van der Waals surface area contributed by atoms with Crippen molar-refractivity contribution in [3.63, 3.8) is 0 Å². The highest BCUT2D eigenvalue weighted by atomic mass is 35.5. The predicted octanol–water partition coefficient (Wildman–Crippen LogP) is 2.49. The Bertz CT molecular complexity index is 610. The molecule has 100 valence electrons. The monoisotopic (exact) mass is 279 g/mol. The molecule has 19 heavy (non-hydrogen) atoms. The van der Waals surface area contributed by atoms with Gasteiger partial charge in [-0.05, 0) is 30.7 Å². The molecule has 0 aliphatic rings. The van der Waals surface area contributed by atoms with Crippen LogP contribution >= 0.6 is 11.6 Å². The zero-order chi connectivity index (χ0) is 14.0. The fourth-order valence-corrected chi connectivity index (χ4v) is 1.87. The Balaban J connectivity index is 2.14. The van der Waals surface area contributed by atoms with Gasteiger partial charge in [0.25, 0.3) is 5.91 Å². The van der Waals surface area contributed by atoms with Crippen LogP contribution in [0.2, 0.25) is 5.02 Å². The van der Waals surface area contributed by atoms with Crippen LogP contribution in [0.15, 0.2) is 28.8 Å². The Hall–Kier alpha value is -2.01. The summed E-state index contributed by atoms with van der Waals surface area (Å²) < 4.78 is 4.94. The largest absolute Gasteiger partial charge is 0.399 e. The van der Waals surface area contributed by atoms with Crippen LogP contribution < -0.4 is 5.73 Å². The normalized spacial score (nSPS) is 10.5. The van der Waals surface area contributed by atoms with Crippen molar-refractivity contribution in [2.45, 2.75) is 13.5 Å². The van der Waals surface area contributed by atoms with E-state index in [4.69, 9.17) is 21.9 Å². The number of amides is 1. The highest BCUT2D eigenvalue weighted by molar-refractivity contribution is 6.31. The van der Waals surface area contributed by atoms with E-state index < -0.39 is 0 Å². The number of nitrogens with zero attached hydrogens (tertiary/aromatic N) is 2. The second-order valence-corrected chi connectivity index (χ2v) is 4.75. The fraction of sp³-hybridized carbons (Fsp3) is 0.231. The number of aryl methyl sites for hydroxylation is 1. The maximum atomic E-state index is 12.1. The minimum absolute atomic E-state index is 0.208. The van der Waals surface area contributed by atoms with Gasteiger partial charge in [0.1, 0.15) is 0 Å². The topological polar surface area (TPSA) is 72.4 Å². The molecule has 2 rings (SSSR count). The molecule has 1 aromatic carbocycles.